The SMILES string of the molecule is CC(=O)CC(Cc1cn(C)nn1)N1C(=O)CC(C(C)(C)C)C1=O. The van der Waals surface area contributed by atoms with Crippen molar-refractivity contribution < 1.29 is 14.4 Å². The van der Waals surface area contributed by atoms with Gasteiger partial charge in [0.15, 0.2) is 0 Å². The Labute approximate surface area is 136 Å². The van der Waals surface area contributed by atoms with Crippen LogP contribution in [0.2, 0.25) is 0 Å². The van der Waals surface area contributed by atoms with E-state index in [0.29, 0.717) is 12.1 Å². The van der Waals surface area contributed by atoms with Crippen LogP contribution >= 0.6 is 0 Å². The molecule has 0 radical (unpaired) electrons. The van der Waals surface area contributed by atoms with Crippen molar-refractivity contribution in [1.82, 2.24) is 19.9 Å². The largest absolute Gasteiger partial charge is 0.300 e. The van der Waals surface area contributed by atoms with Crippen LogP contribution < -0.4 is 0 Å². The molecule has 1 saturated heterocycles. The molecule has 1 aliphatic rings. The molecular weight excluding hydrogens is 296 g/mol. The van der Waals surface area contributed by atoms with Gasteiger partial charge < -0.3 is 0 Å². The third-order valence-electron chi connectivity index (χ3n) is 4.21. The topological polar surface area (TPSA) is 85.2 Å². The summed E-state index contributed by atoms with van der Waals surface area (Å²) >= 11 is 0. The second-order valence-corrected chi connectivity index (χ2v) is 7.37. The Morgan fingerprint density at radius 2 is 2.04 bits per heavy atom. The van der Waals surface area contributed by atoms with Gasteiger partial charge in [-0.1, -0.05) is 26.0 Å². The van der Waals surface area contributed by atoms with E-state index < -0.39 is 6.04 Å². The number of rotatable bonds is 5. The van der Waals surface area contributed by atoms with Crippen LogP contribution in [0.4, 0.5) is 0 Å². The second-order valence-electron chi connectivity index (χ2n) is 7.37. The predicted molar refractivity (Wildman–Crippen MR) is 83.2 cm³/mol. The molecule has 0 aromatic carbocycles. The number of ketones is 1. The maximum Gasteiger partial charge on any atom is 0.233 e. The number of hydrogen-bond donors (Lipinski definition) is 0. The minimum absolute atomic E-state index is 0.0568. The summed E-state index contributed by atoms with van der Waals surface area (Å²) in [6, 6.07) is -0.489. The van der Waals surface area contributed by atoms with Crippen LogP contribution in [0.3, 0.4) is 0 Å². The first-order valence-electron chi connectivity index (χ1n) is 7.80. The summed E-state index contributed by atoms with van der Waals surface area (Å²) in [6.45, 7) is 7.33. The van der Waals surface area contributed by atoms with Gasteiger partial charge in [-0.15, -0.1) is 5.10 Å². The Kier molecular flexibility index (Phi) is 4.68. The van der Waals surface area contributed by atoms with Crippen LogP contribution in [0.15, 0.2) is 6.20 Å². The molecule has 2 rings (SSSR count). The average Bonchev–Trinajstić information content (AvgIpc) is 2.91. The number of nitrogens with zero attached hydrogens (tertiary/aromatic N) is 4. The highest BCUT2D eigenvalue weighted by Gasteiger charge is 2.47. The lowest BCUT2D eigenvalue weighted by molar-refractivity contribution is -0.143. The zero-order valence-corrected chi connectivity index (χ0v) is 14.4. The molecule has 2 atom stereocenters. The van der Waals surface area contributed by atoms with E-state index in [1.807, 2.05) is 20.8 Å². The lowest BCUT2D eigenvalue weighted by Gasteiger charge is -2.28. The number of aryl methyl sites for hydroxylation is 1. The predicted octanol–water partition coefficient (Wildman–Crippen LogP) is 1.13. The van der Waals surface area contributed by atoms with Gasteiger partial charge in [0.2, 0.25) is 11.8 Å². The van der Waals surface area contributed by atoms with Crippen LogP contribution in [0.1, 0.15) is 46.2 Å². The van der Waals surface area contributed by atoms with Crippen LogP contribution in [0.25, 0.3) is 0 Å². The zero-order chi connectivity index (χ0) is 17.4. The van der Waals surface area contributed by atoms with E-state index in [9.17, 15) is 14.4 Å². The fraction of sp³-hybridized carbons (Fsp3) is 0.688. The Bertz CT molecular complexity index is 630. The van der Waals surface area contributed by atoms with Gasteiger partial charge in [0.25, 0.3) is 0 Å². The number of hydrogen-bond acceptors (Lipinski definition) is 5. The van der Waals surface area contributed by atoms with Crippen molar-refractivity contribution >= 4 is 17.6 Å². The highest BCUT2D eigenvalue weighted by molar-refractivity contribution is 6.04. The van der Waals surface area contributed by atoms with Gasteiger partial charge in [-0.05, 0) is 12.3 Å². The first kappa shape index (κ1) is 17.3. The Morgan fingerprint density at radius 1 is 1.39 bits per heavy atom. The lowest BCUT2D eigenvalue weighted by Crippen LogP contribution is -2.43. The van der Waals surface area contributed by atoms with E-state index in [1.165, 1.54) is 11.8 Å². The molecule has 2 amide bonds. The molecule has 0 bridgehead atoms. The van der Waals surface area contributed by atoms with Crippen LogP contribution in [-0.2, 0) is 27.9 Å². The van der Waals surface area contributed by atoms with Crippen LogP contribution in [-0.4, -0.2) is 43.5 Å². The third kappa shape index (κ3) is 3.83. The van der Waals surface area contributed by atoms with Gasteiger partial charge in [-0.3, -0.25) is 24.0 Å². The minimum Gasteiger partial charge on any atom is -0.300 e. The van der Waals surface area contributed by atoms with Crippen molar-refractivity contribution in [3.8, 4) is 0 Å². The normalized spacial score (nSPS) is 20.2. The zero-order valence-electron chi connectivity index (χ0n) is 14.4. The molecule has 1 aromatic heterocycles. The number of aromatic nitrogens is 3. The summed E-state index contributed by atoms with van der Waals surface area (Å²) in [6.07, 6.45) is 2.43. The van der Waals surface area contributed by atoms with Gasteiger partial charge in [0.1, 0.15) is 5.78 Å². The summed E-state index contributed by atoms with van der Waals surface area (Å²) in [5.41, 5.74) is 0.382. The van der Waals surface area contributed by atoms with E-state index in [2.05, 4.69) is 10.3 Å². The molecule has 1 fully saturated rings. The number of carbonyl (C=O) groups excluding carboxylic acids is 3. The van der Waals surface area contributed by atoms with Gasteiger partial charge in [0.05, 0.1) is 17.7 Å². The smallest absolute Gasteiger partial charge is 0.233 e. The Morgan fingerprint density at radius 3 is 2.48 bits per heavy atom. The molecule has 0 aliphatic carbocycles. The van der Waals surface area contributed by atoms with Crippen molar-refractivity contribution in [1.29, 1.82) is 0 Å². The van der Waals surface area contributed by atoms with Gasteiger partial charge in [-0.25, -0.2) is 0 Å². The molecule has 126 valence electrons. The summed E-state index contributed by atoms with van der Waals surface area (Å²) in [5, 5.41) is 7.87. The van der Waals surface area contributed by atoms with Crippen LogP contribution in [0, 0.1) is 11.3 Å². The highest BCUT2D eigenvalue weighted by atomic mass is 16.2. The molecule has 7 heteroatoms. The number of carbonyl (C=O) groups is 3. The summed E-state index contributed by atoms with van der Waals surface area (Å²) in [5.74, 6) is -0.785. The summed E-state index contributed by atoms with van der Waals surface area (Å²) in [4.78, 5) is 38.0. The maximum absolute atomic E-state index is 12.7. The number of likely N-dealkylation sites (tertiary alicyclic amines) is 1. The lowest BCUT2D eigenvalue weighted by atomic mass is 9.80. The molecule has 1 aromatic rings. The molecule has 0 spiro atoms. The van der Waals surface area contributed by atoms with Crippen molar-refractivity contribution in [2.75, 3.05) is 0 Å². The molecule has 1 aliphatic heterocycles. The standard InChI is InChI=1S/C16H24N4O3/c1-10(21)6-12(7-11-9-19(5)18-17-11)20-14(22)8-13(15(20)23)16(2,3)4/h9,12-13H,6-8H2,1-5H3. The molecule has 2 heterocycles. The van der Waals surface area contributed by atoms with Crippen LogP contribution in [0.5, 0.6) is 0 Å². The van der Waals surface area contributed by atoms with Crippen molar-refractivity contribution in [3.05, 3.63) is 11.9 Å². The van der Waals surface area contributed by atoms with Crippen molar-refractivity contribution in [2.45, 2.75) is 53.0 Å². The molecule has 7 nitrogen and oxygen atoms in total. The first-order valence-corrected chi connectivity index (χ1v) is 7.80. The van der Waals surface area contributed by atoms with Crippen molar-refractivity contribution in [2.24, 2.45) is 18.4 Å². The second kappa shape index (κ2) is 6.22. The Hall–Kier alpha value is -2.05. The highest BCUT2D eigenvalue weighted by Crippen LogP contribution is 2.37. The molecule has 0 N–H and O–H groups in total. The monoisotopic (exact) mass is 320 g/mol. The quantitative estimate of drug-likeness (QED) is 0.759. The third-order valence-corrected chi connectivity index (χ3v) is 4.21. The number of imide groups is 1. The maximum atomic E-state index is 12.7. The Balaban J connectivity index is 2.26. The average molecular weight is 320 g/mol. The molecule has 0 saturated carbocycles. The minimum atomic E-state index is -0.489. The fourth-order valence-corrected chi connectivity index (χ4v) is 3.03. The van der Waals surface area contributed by atoms with E-state index in [-0.39, 0.29) is 41.8 Å². The first-order chi connectivity index (χ1) is 10.6. The van der Waals surface area contributed by atoms with E-state index >= 15 is 0 Å². The number of amides is 2. The summed E-state index contributed by atoms with van der Waals surface area (Å²) < 4.78 is 1.56. The van der Waals surface area contributed by atoms with Crippen molar-refractivity contribution in [3.63, 3.8) is 0 Å². The van der Waals surface area contributed by atoms with Gasteiger partial charge in [-0.2, -0.15) is 0 Å². The van der Waals surface area contributed by atoms with E-state index in [1.54, 1.807) is 17.9 Å². The van der Waals surface area contributed by atoms with E-state index in [4.69, 9.17) is 0 Å². The molecular formula is C16H24N4O3. The molecule has 2 unspecified atom stereocenters. The van der Waals surface area contributed by atoms with E-state index in [0.717, 1.165) is 0 Å². The summed E-state index contributed by atoms with van der Waals surface area (Å²) in [7, 11) is 1.75. The number of Topliss-reactive ketones (excluding diaryl/α,β-unsaturated/α-hetero) is 1. The fourth-order valence-electron chi connectivity index (χ4n) is 3.03. The van der Waals surface area contributed by atoms with Gasteiger partial charge in [0, 0.05) is 32.5 Å². The van der Waals surface area contributed by atoms with Gasteiger partial charge >= 0.3 is 0 Å². The molecule has 23 heavy (non-hydrogen) atoms.